The average molecular weight is 395 g/mol. The van der Waals surface area contributed by atoms with Crippen LogP contribution in [0.3, 0.4) is 0 Å². The molecule has 1 atom stereocenters. The Bertz CT molecular complexity index is 711. The van der Waals surface area contributed by atoms with E-state index in [0.29, 0.717) is 49.2 Å². The molecule has 1 aromatic carbocycles. The van der Waals surface area contributed by atoms with Gasteiger partial charge < -0.3 is 14.4 Å². The normalized spacial score (nSPS) is 19.7. The highest BCUT2D eigenvalue weighted by atomic mass is 19.1. The molecule has 154 valence electrons. The van der Waals surface area contributed by atoms with E-state index in [1.54, 1.807) is 12.1 Å². The number of hydroxylamine groups is 2. The Morgan fingerprint density at radius 3 is 2.79 bits per heavy atom. The van der Waals surface area contributed by atoms with Gasteiger partial charge in [0.1, 0.15) is 11.9 Å². The number of unbranched alkanes of at least 4 members (excludes halogenated alkanes) is 1. The Morgan fingerprint density at radius 2 is 2.11 bits per heavy atom. The van der Waals surface area contributed by atoms with E-state index in [1.807, 2.05) is 11.8 Å². The third-order valence-electron chi connectivity index (χ3n) is 4.88. The van der Waals surface area contributed by atoms with E-state index in [2.05, 4.69) is 0 Å². The van der Waals surface area contributed by atoms with Crippen molar-refractivity contribution in [3.8, 4) is 0 Å². The summed E-state index contributed by atoms with van der Waals surface area (Å²) in [6.07, 6.45) is 0.466. The molecule has 2 saturated heterocycles. The summed E-state index contributed by atoms with van der Waals surface area (Å²) < 4.78 is 25.1. The van der Waals surface area contributed by atoms with Crippen molar-refractivity contribution >= 4 is 23.4 Å². The topological polar surface area (TPSA) is 82.6 Å². The third-order valence-corrected chi connectivity index (χ3v) is 4.88. The summed E-state index contributed by atoms with van der Waals surface area (Å²) in [6, 6.07) is 4.61. The molecule has 9 heteroatoms. The number of rotatable bonds is 7. The molecule has 0 spiro atoms. The van der Waals surface area contributed by atoms with Crippen LogP contribution in [0.25, 0.3) is 0 Å². The first kappa shape index (κ1) is 20.3. The highest BCUT2D eigenvalue weighted by molar-refractivity contribution is 5.90. The minimum atomic E-state index is -0.676. The Balaban J connectivity index is 1.62. The summed E-state index contributed by atoms with van der Waals surface area (Å²) in [5, 5.41) is 10.5. The molecule has 2 amide bonds. The summed E-state index contributed by atoms with van der Waals surface area (Å²) in [5.41, 5.74) is 0.850. The van der Waals surface area contributed by atoms with E-state index < -0.39 is 23.9 Å². The monoisotopic (exact) mass is 395 g/mol. The first-order valence-corrected chi connectivity index (χ1v) is 9.59. The first-order valence-electron chi connectivity index (χ1n) is 9.59. The number of ether oxygens (including phenoxy) is 2. The first-order chi connectivity index (χ1) is 13.5. The summed E-state index contributed by atoms with van der Waals surface area (Å²) in [6.45, 7) is 4.30. The lowest BCUT2D eigenvalue weighted by Gasteiger charge is -2.29. The zero-order chi connectivity index (χ0) is 20.1. The predicted molar refractivity (Wildman–Crippen MR) is 100 cm³/mol. The van der Waals surface area contributed by atoms with Gasteiger partial charge in [0.25, 0.3) is 0 Å². The van der Waals surface area contributed by atoms with Crippen molar-refractivity contribution in [1.29, 1.82) is 0 Å². The Labute approximate surface area is 163 Å². The van der Waals surface area contributed by atoms with Gasteiger partial charge in [0.2, 0.25) is 5.91 Å². The fourth-order valence-corrected chi connectivity index (χ4v) is 3.30. The molecule has 3 rings (SSSR count). The van der Waals surface area contributed by atoms with Gasteiger partial charge in [0.05, 0.1) is 37.7 Å². The van der Waals surface area contributed by atoms with E-state index in [9.17, 15) is 19.2 Å². The number of morpholine rings is 1. The number of benzene rings is 1. The van der Waals surface area contributed by atoms with Crippen molar-refractivity contribution in [3.63, 3.8) is 0 Å². The van der Waals surface area contributed by atoms with Crippen LogP contribution in [-0.4, -0.2) is 67.8 Å². The molecule has 0 saturated carbocycles. The number of hydrogen-bond acceptors (Lipinski definition) is 6. The van der Waals surface area contributed by atoms with Crippen LogP contribution in [0.5, 0.6) is 0 Å². The number of halogens is 1. The fourth-order valence-electron chi connectivity index (χ4n) is 3.30. The zero-order valence-corrected chi connectivity index (χ0v) is 16.0. The van der Waals surface area contributed by atoms with Gasteiger partial charge in [-0.15, -0.1) is 0 Å². The molecule has 8 nitrogen and oxygen atoms in total. The maximum absolute atomic E-state index is 14.6. The second-order valence-corrected chi connectivity index (χ2v) is 6.93. The molecule has 0 aromatic heterocycles. The molecule has 0 aliphatic carbocycles. The Kier molecular flexibility index (Phi) is 6.69. The maximum atomic E-state index is 14.6. The van der Waals surface area contributed by atoms with Gasteiger partial charge in [0.15, 0.2) is 0 Å². The van der Waals surface area contributed by atoms with E-state index >= 15 is 0 Å². The van der Waals surface area contributed by atoms with Crippen molar-refractivity contribution in [2.75, 3.05) is 49.2 Å². The molecular weight excluding hydrogens is 369 g/mol. The van der Waals surface area contributed by atoms with Gasteiger partial charge in [-0.05, 0) is 24.6 Å². The van der Waals surface area contributed by atoms with E-state index in [0.717, 1.165) is 6.42 Å². The zero-order valence-electron chi connectivity index (χ0n) is 16.0. The van der Waals surface area contributed by atoms with Crippen LogP contribution < -0.4 is 9.80 Å². The standard InChI is InChI=1S/C19H26FN3O5/c1-2-3-4-18(24)23(26)13-15-12-22(19(25)28-15)14-5-6-17(16(20)11-14)21-7-9-27-10-8-21/h5-6,11,15,26H,2-4,7-10,12-13H2,1H3. The second kappa shape index (κ2) is 9.20. The molecular formula is C19H26FN3O5. The van der Waals surface area contributed by atoms with Gasteiger partial charge in [-0.3, -0.25) is 14.9 Å². The minimum Gasteiger partial charge on any atom is -0.442 e. The van der Waals surface area contributed by atoms with Crippen molar-refractivity contribution in [2.24, 2.45) is 0 Å². The van der Waals surface area contributed by atoms with Crippen LogP contribution in [-0.2, 0) is 14.3 Å². The molecule has 2 aliphatic heterocycles. The number of carbonyl (C=O) groups excluding carboxylic acids is 2. The van der Waals surface area contributed by atoms with Gasteiger partial charge in [-0.25, -0.2) is 14.2 Å². The van der Waals surface area contributed by atoms with Crippen LogP contribution in [0.2, 0.25) is 0 Å². The molecule has 2 heterocycles. The number of cyclic esters (lactones) is 1. The Hall–Kier alpha value is -2.39. The van der Waals surface area contributed by atoms with Gasteiger partial charge in [0, 0.05) is 19.5 Å². The van der Waals surface area contributed by atoms with Crippen LogP contribution in [0, 0.1) is 5.82 Å². The Morgan fingerprint density at radius 1 is 1.36 bits per heavy atom. The molecule has 2 fully saturated rings. The number of hydrogen-bond donors (Lipinski definition) is 1. The number of anilines is 2. The lowest BCUT2D eigenvalue weighted by molar-refractivity contribution is -0.169. The van der Waals surface area contributed by atoms with Crippen LogP contribution >= 0.6 is 0 Å². The lowest BCUT2D eigenvalue weighted by Crippen LogP contribution is -2.37. The van der Waals surface area contributed by atoms with E-state index in [4.69, 9.17) is 9.47 Å². The van der Waals surface area contributed by atoms with Crippen LogP contribution in [0.1, 0.15) is 26.2 Å². The minimum absolute atomic E-state index is 0.112. The summed E-state index contributed by atoms with van der Waals surface area (Å²) in [4.78, 5) is 27.2. The van der Waals surface area contributed by atoms with Gasteiger partial charge in [-0.2, -0.15) is 0 Å². The molecule has 1 aromatic rings. The largest absolute Gasteiger partial charge is 0.442 e. The average Bonchev–Trinajstić information content (AvgIpc) is 3.06. The molecule has 0 bridgehead atoms. The number of nitrogens with zero attached hydrogens (tertiary/aromatic N) is 3. The van der Waals surface area contributed by atoms with Crippen molar-refractivity contribution in [2.45, 2.75) is 32.3 Å². The van der Waals surface area contributed by atoms with Gasteiger partial charge in [-0.1, -0.05) is 13.3 Å². The maximum Gasteiger partial charge on any atom is 0.414 e. The van der Waals surface area contributed by atoms with E-state index in [1.165, 1.54) is 11.0 Å². The summed E-state index contributed by atoms with van der Waals surface area (Å²) in [7, 11) is 0. The lowest BCUT2D eigenvalue weighted by atomic mass is 10.2. The second-order valence-electron chi connectivity index (χ2n) is 6.93. The third kappa shape index (κ3) is 4.71. The van der Waals surface area contributed by atoms with Crippen molar-refractivity contribution in [3.05, 3.63) is 24.0 Å². The molecule has 1 N–H and O–H groups in total. The van der Waals surface area contributed by atoms with Crippen LogP contribution in [0.15, 0.2) is 18.2 Å². The summed E-state index contributed by atoms with van der Waals surface area (Å²) in [5.74, 6) is -0.827. The smallest absolute Gasteiger partial charge is 0.414 e. The fraction of sp³-hybridized carbons (Fsp3) is 0.579. The molecule has 1 unspecified atom stereocenters. The predicted octanol–water partition coefficient (Wildman–Crippen LogP) is 2.40. The van der Waals surface area contributed by atoms with Gasteiger partial charge >= 0.3 is 6.09 Å². The quantitative estimate of drug-likeness (QED) is 0.564. The molecule has 28 heavy (non-hydrogen) atoms. The number of carbonyl (C=O) groups is 2. The van der Waals surface area contributed by atoms with Crippen LogP contribution in [0.4, 0.5) is 20.6 Å². The highest BCUT2D eigenvalue weighted by Gasteiger charge is 2.34. The highest BCUT2D eigenvalue weighted by Crippen LogP contribution is 2.28. The number of amides is 2. The van der Waals surface area contributed by atoms with Crippen molar-refractivity contribution < 1.29 is 28.7 Å². The molecule has 0 radical (unpaired) electrons. The van der Waals surface area contributed by atoms with Crippen molar-refractivity contribution in [1.82, 2.24) is 5.06 Å². The summed E-state index contributed by atoms with van der Waals surface area (Å²) >= 11 is 0. The SMILES string of the molecule is CCCCC(=O)N(O)CC1CN(c2ccc(N3CCOCC3)c(F)c2)C(=O)O1. The molecule has 2 aliphatic rings. The van der Waals surface area contributed by atoms with E-state index in [-0.39, 0.29) is 19.5 Å².